The van der Waals surface area contributed by atoms with Crippen LogP contribution in [0.5, 0.6) is 0 Å². The molecule has 54 heavy (non-hydrogen) atoms. The summed E-state index contributed by atoms with van der Waals surface area (Å²) in [6.45, 7) is 0. The number of para-hydroxylation sites is 6. The molecule has 0 spiro atoms. The highest BCUT2D eigenvalue weighted by atomic mass is 32.1. The van der Waals surface area contributed by atoms with Gasteiger partial charge in [-0.3, -0.25) is 9.38 Å². The Morgan fingerprint density at radius 2 is 1.00 bits per heavy atom. The third-order valence-corrected chi connectivity index (χ3v) is 12.0. The first-order valence-corrected chi connectivity index (χ1v) is 19.0. The Hall–Kier alpha value is -7.02. The zero-order valence-corrected chi connectivity index (χ0v) is 29.7. The maximum atomic E-state index is 5.05. The number of rotatable bonds is 4. The van der Waals surface area contributed by atoms with Gasteiger partial charge in [-0.1, -0.05) is 121 Å². The highest BCUT2D eigenvalue weighted by molar-refractivity contribution is 7.24. The lowest BCUT2D eigenvalue weighted by molar-refractivity contribution is 1.17. The zero-order valence-electron chi connectivity index (χ0n) is 28.9. The molecule has 0 unspecified atom stereocenters. The Kier molecular flexibility index (Phi) is 6.15. The normalized spacial score (nSPS) is 12.1. The Balaban J connectivity index is 1.08. The van der Waals surface area contributed by atoms with Gasteiger partial charge in [-0.2, -0.15) is 0 Å². The molecule has 5 heterocycles. The highest BCUT2D eigenvalue weighted by Gasteiger charge is 2.21. The van der Waals surface area contributed by atoms with E-state index in [4.69, 9.17) is 9.97 Å². The van der Waals surface area contributed by atoms with Crippen LogP contribution in [0.2, 0.25) is 0 Å². The largest absolute Gasteiger partial charge is 0.309 e. The Morgan fingerprint density at radius 3 is 1.76 bits per heavy atom. The minimum atomic E-state index is 0.968. The van der Waals surface area contributed by atoms with E-state index < -0.39 is 0 Å². The molecule has 0 amide bonds. The topological polar surface area (TPSA) is 40.1 Å². The fourth-order valence-corrected chi connectivity index (χ4v) is 9.82. The second kappa shape index (κ2) is 11.2. The number of aromatic nitrogens is 5. The number of benzene rings is 7. The van der Waals surface area contributed by atoms with Crippen LogP contribution in [-0.4, -0.2) is 23.5 Å². The Labute approximate surface area is 313 Å². The fourth-order valence-electron chi connectivity index (χ4n) is 8.68. The van der Waals surface area contributed by atoms with Crippen molar-refractivity contribution in [1.82, 2.24) is 23.5 Å². The van der Waals surface area contributed by atoms with Gasteiger partial charge in [-0.05, 0) is 66.2 Å². The molecule has 12 rings (SSSR count). The number of pyridine rings is 1. The quantitative estimate of drug-likeness (QED) is 0.183. The summed E-state index contributed by atoms with van der Waals surface area (Å²) in [7, 11) is 0. The van der Waals surface area contributed by atoms with Crippen molar-refractivity contribution >= 4 is 81.2 Å². The number of imidazole rings is 1. The first-order chi connectivity index (χ1) is 26.8. The number of thiazole rings is 1. The average molecular weight is 708 g/mol. The molecule has 7 aromatic carbocycles. The van der Waals surface area contributed by atoms with Crippen LogP contribution in [0, 0.1) is 0 Å². The second-order valence-electron chi connectivity index (χ2n) is 13.8. The molecule has 0 fully saturated rings. The summed E-state index contributed by atoms with van der Waals surface area (Å²) in [5, 5.41) is 4.96. The van der Waals surface area contributed by atoms with Crippen LogP contribution in [0.4, 0.5) is 0 Å². The monoisotopic (exact) mass is 707 g/mol. The van der Waals surface area contributed by atoms with E-state index in [0.29, 0.717) is 0 Å². The predicted molar refractivity (Wildman–Crippen MR) is 225 cm³/mol. The van der Waals surface area contributed by atoms with Gasteiger partial charge in [0, 0.05) is 44.6 Å². The molecule has 0 aliphatic carbocycles. The van der Waals surface area contributed by atoms with Crippen LogP contribution in [0.15, 0.2) is 176 Å². The number of nitrogens with zero attached hydrogens (tertiary/aromatic N) is 5. The van der Waals surface area contributed by atoms with Gasteiger partial charge in [0.1, 0.15) is 0 Å². The molecular formula is C48H29N5S. The van der Waals surface area contributed by atoms with Gasteiger partial charge in [-0.25, -0.2) is 4.98 Å². The van der Waals surface area contributed by atoms with E-state index in [1.165, 1.54) is 38.1 Å². The third kappa shape index (κ3) is 4.08. The molecule has 0 N–H and O–H groups in total. The van der Waals surface area contributed by atoms with Crippen molar-refractivity contribution in [3.05, 3.63) is 176 Å². The fraction of sp³-hybridized carbons (Fsp3) is 0. The lowest BCUT2D eigenvalue weighted by Crippen LogP contribution is -1.99. The molecule has 252 valence electrons. The highest BCUT2D eigenvalue weighted by Crippen LogP contribution is 2.43. The van der Waals surface area contributed by atoms with E-state index in [1.807, 2.05) is 12.3 Å². The number of hydrogen-bond acceptors (Lipinski definition) is 3. The SMILES string of the molecule is c1ccc(-c2nccc3c2sc2nc4ccccc4n23)c(-c2ccccc2-n2c3ccccc3c3cc(-n4c5ccccc5c5ccccc54)ccc32)c1. The molecular weight excluding hydrogens is 679 g/mol. The molecule has 0 aliphatic rings. The van der Waals surface area contributed by atoms with Crippen LogP contribution in [0.25, 0.3) is 104 Å². The molecule has 12 aromatic rings. The van der Waals surface area contributed by atoms with Gasteiger partial charge in [0.05, 0.1) is 54.7 Å². The molecule has 0 aliphatic heterocycles. The van der Waals surface area contributed by atoms with Crippen LogP contribution in [0.1, 0.15) is 0 Å². The first-order valence-electron chi connectivity index (χ1n) is 18.2. The first kappa shape index (κ1) is 29.5. The minimum absolute atomic E-state index is 0.968. The van der Waals surface area contributed by atoms with E-state index in [-0.39, 0.29) is 0 Å². The summed E-state index contributed by atoms with van der Waals surface area (Å²) in [4.78, 5) is 11.0. The van der Waals surface area contributed by atoms with Crippen molar-refractivity contribution in [2.45, 2.75) is 0 Å². The zero-order chi connectivity index (χ0) is 35.3. The van der Waals surface area contributed by atoms with Crippen molar-refractivity contribution in [3.63, 3.8) is 0 Å². The van der Waals surface area contributed by atoms with Crippen LogP contribution in [-0.2, 0) is 0 Å². The van der Waals surface area contributed by atoms with Gasteiger partial charge in [0.2, 0.25) is 0 Å². The van der Waals surface area contributed by atoms with Crippen molar-refractivity contribution in [1.29, 1.82) is 0 Å². The van der Waals surface area contributed by atoms with E-state index in [9.17, 15) is 0 Å². The van der Waals surface area contributed by atoms with Gasteiger partial charge >= 0.3 is 0 Å². The van der Waals surface area contributed by atoms with Gasteiger partial charge in [-0.15, -0.1) is 0 Å². The maximum Gasteiger partial charge on any atom is 0.195 e. The molecule has 0 saturated carbocycles. The van der Waals surface area contributed by atoms with E-state index >= 15 is 0 Å². The van der Waals surface area contributed by atoms with Crippen LogP contribution in [0.3, 0.4) is 0 Å². The Bertz CT molecular complexity index is 3410. The molecule has 5 nitrogen and oxygen atoms in total. The summed E-state index contributed by atoms with van der Waals surface area (Å²) in [6.07, 6.45) is 1.93. The summed E-state index contributed by atoms with van der Waals surface area (Å²) in [5.74, 6) is 0. The molecule has 5 aromatic heterocycles. The average Bonchev–Trinajstić information content (AvgIpc) is 3.97. The van der Waals surface area contributed by atoms with Gasteiger partial charge in [0.25, 0.3) is 0 Å². The number of hydrogen-bond donors (Lipinski definition) is 0. The standard InChI is InChI=1S/C48H29N5S/c1-2-18-36(46-47-45(27-28-49-46)53-44-24-12-7-19-38(44)50-48(53)54-47)31(13-1)32-14-3-10-22-41(32)52-42-23-11-6-17-35(42)37-29-30(25-26-43(37)52)51-39-20-8-4-15-33(39)34-16-5-9-21-40(34)51/h1-29H. The lowest BCUT2D eigenvalue weighted by Gasteiger charge is -2.17. The summed E-state index contributed by atoms with van der Waals surface area (Å²) >= 11 is 1.70. The van der Waals surface area contributed by atoms with Crippen LogP contribution < -0.4 is 0 Å². The number of fused-ring (bicyclic) bond motifs is 11. The maximum absolute atomic E-state index is 5.05. The molecule has 0 bridgehead atoms. The van der Waals surface area contributed by atoms with Gasteiger partial charge in [0.15, 0.2) is 4.96 Å². The summed E-state index contributed by atoms with van der Waals surface area (Å²) < 4.78 is 8.23. The molecule has 0 atom stereocenters. The summed E-state index contributed by atoms with van der Waals surface area (Å²) in [5.41, 5.74) is 14.6. The Morgan fingerprint density at radius 1 is 0.426 bits per heavy atom. The summed E-state index contributed by atoms with van der Waals surface area (Å²) in [6, 6.07) is 61.1. The van der Waals surface area contributed by atoms with Crippen molar-refractivity contribution in [2.24, 2.45) is 0 Å². The molecule has 6 heteroatoms. The smallest absolute Gasteiger partial charge is 0.195 e. The van der Waals surface area contributed by atoms with Crippen molar-refractivity contribution in [2.75, 3.05) is 0 Å². The van der Waals surface area contributed by atoms with Crippen LogP contribution >= 0.6 is 11.3 Å². The van der Waals surface area contributed by atoms with Gasteiger partial charge < -0.3 is 9.13 Å². The third-order valence-electron chi connectivity index (χ3n) is 11.0. The minimum Gasteiger partial charge on any atom is -0.309 e. The predicted octanol–water partition coefficient (Wildman–Crippen LogP) is 12.6. The van der Waals surface area contributed by atoms with E-state index in [2.05, 4.69) is 177 Å². The van der Waals surface area contributed by atoms with Crippen molar-refractivity contribution < 1.29 is 0 Å². The molecule has 0 radical (unpaired) electrons. The second-order valence-corrected chi connectivity index (χ2v) is 14.8. The van der Waals surface area contributed by atoms with E-state index in [1.54, 1.807) is 11.3 Å². The van der Waals surface area contributed by atoms with E-state index in [0.717, 1.165) is 65.5 Å². The van der Waals surface area contributed by atoms with Crippen molar-refractivity contribution in [3.8, 4) is 33.8 Å². The molecule has 0 saturated heterocycles. The lowest BCUT2D eigenvalue weighted by atomic mass is 9.95.